The van der Waals surface area contributed by atoms with E-state index in [4.69, 9.17) is 10.00 Å². The van der Waals surface area contributed by atoms with Crippen molar-refractivity contribution in [1.82, 2.24) is 4.72 Å². The predicted molar refractivity (Wildman–Crippen MR) is 89.5 cm³/mol. The third-order valence-corrected chi connectivity index (χ3v) is 4.85. The lowest BCUT2D eigenvalue weighted by atomic mass is 10.1. The SMILES string of the molecule is COC(=O)c1cc(CNS(=O)(=O)c2ccc(C#N)cc2)ccc1OC. The summed E-state index contributed by atoms with van der Waals surface area (Å²) in [5, 5.41) is 8.75. The summed E-state index contributed by atoms with van der Waals surface area (Å²) >= 11 is 0. The predicted octanol–water partition coefficient (Wildman–Crippen LogP) is 1.83. The third kappa shape index (κ3) is 4.35. The minimum atomic E-state index is -3.74. The van der Waals surface area contributed by atoms with Crippen molar-refractivity contribution in [2.75, 3.05) is 14.2 Å². The summed E-state index contributed by atoms with van der Waals surface area (Å²) in [4.78, 5) is 11.8. The second-order valence-electron chi connectivity index (χ2n) is 4.99. The maximum Gasteiger partial charge on any atom is 0.341 e. The Hall–Kier alpha value is -2.89. The van der Waals surface area contributed by atoms with Crippen LogP contribution in [-0.4, -0.2) is 28.6 Å². The normalized spacial score (nSPS) is 10.8. The van der Waals surface area contributed by atoms with Crippen molar-refractivity contribution in [3.05, 3.63) is 59.2 Å². The van der Waals surface area contributed by atoms with Crippen LogP contribution >= 0.6 is 0 Å². The van der Waals surface area contributed by atoms with Gasteiger partial charge in [-0.1, -0.05) is 6.07 Å². The van der Waals surface area contributed by atoms with E-state index in [9.17, 15) is 13.2 Å². The molecule has 0 spiro atoms. The highest BCUT2D eigenvalue weighted by Gasteiger charge is 2.16. The second kappa shape index (κ2) is 7.79. The summed E-state index contributed by atoms with van der Waals surface area (Å²) in [6.45, 7) is -0.0175. The molecule has 0 aliphatic heterocycles. The average Bonchev–Trinajstić information content (AvgIpc) is 2.65. The number of nitrogens with one attached hydrogen (secondary N) is 1. The standard InChI is InChI=1S/C17H16N2O5S/c1-23-16-8-5-13(9-15(16)17(20)24-2)11-19-25(21,22)14-6-3-12(10-18)4-7-14/h3-9,19H,11H2,1-2H3. The maximum atomic E-state index is 12.3. The smallest absolute Gasteiger partial charge is 0.341 e. The Balaban J connectivity index is 2.19. The number of carbonyl (C=O) groups excluding carboxylic acids is 1. The van der Waals surface area contributed by atoms with Gasteiger partial charge in [-0.05, 0) is 42.0 Å². The maximum absolute atomic E-state index is 12.3. The lowest BCUT2D eigenvalue weighted by Gasteiger charge is -2.10. The molecule has 2 rings (SSSR count). The van der Waals surface area contributed by atoms with Crippen molar-refractivity contribution in [3.8, 4) is 11.8 Å². The van der Waals surface area contributed by atoms with Gasteiger partial charge in [0.2, 0.25) is 10.0 Å². The molecule has 0 heterocycles. The quantitative estimate of drug-likeness (QED) is 0.788. The number of nitriles is 1. The Morgan fingerprint density at radius 3 is 2.40 bits per heavy atom. The fourth-order valence-electron chi connectivity index (χ4n) is 2.10. The Labute approximate surface area is 145 Å². The number of rotatable bonds is 6. The molecule has 130 valence electrons. The van der Waals surface area contributed by atoms with Gasteiger partial charge in [0, 0.05) is 6.54 Å². The van der Waals surface area contributed by atoms with Crippen LogP contribution in [0.25, 0.3) is 0 Å². The number of ether oxygens (including phenoxy) is 2. The molecule has 0 aromatic heterocycles. The van der Waals surface area contributed by atoms with Gasteiger partial charge in [0.25, 0.3) is 0 Å². The summed E-state index contributed by atoms with van der Waals surface area (Å²) in [6, 6.07) is 12.2. The molecule has 0 aliphatic carbocycles. The van der Waals surface area contributed by atoms with E-state index < -0.39 is 16.0 Å². The highest BCUT2D eigenvalue weighted by atomic mass is 32.2. The lowest BCUT2D eigenvalue weighted by molar-refractivity contribution is 0.0597. The molecule has 8 heteroatoms. The van der Waals surface area contributed by atoms with Crippen molar-refractivity contribution in [1.29, 1.82) is 5.26 Å². The number of hydrogen-bond acceptors (Lipinski definition) is 6. The van der Waals surface area contributed by atoms with Crippen LogP contribution in [0.5, 0.6) is 5.75 Å². The van der Waals surface area contributed by atoms with Gasteiger partial charge in [0.1, 0.15) is 11.3 Å². The van der Waals surface area contributed by atoms with Gasteiger partial charge in [-0.3, -0.25) is 0 Å². The third-order valence-electron chi connectivity index (χ3n) is 3.43. The van der Waals surface area contributed by atoms with Gasteiger partial charge in [-0.15, -0.1) is 0 Å². The molecule has 0 atom stereocenters. The first-order valence-electron chi connectivity index (χ1n) is 7.16. The molecule has 2 aromatic carbocycles. The van der Waals surface area contributed by atoms with Crippen LogP contribution in [0.2, 0.25) is 0 Å². The van der Waals surface area contributed by atoms with Gasteiger partial charge in [0.15, 0.2) is 0 Å². The van der Waals surface area contributed by atoms with Crippen molar-refractivity contribution >= 4 is 16.0 Å². The van der Waals surface area contributed by atoms with E-state index >= 15 is 0 Å². The van der Waals surface area contributed by atoms with E-state index in [1.165, 1.54) is 44.6 Å². The Bertz CT molecular complexity index is 915. The number of sulfonamides is 1. The van der Waals surface area contributed by atoms with Crippen molar-refractivity contribution in [2.45, 2.75) is 11.4 Å². The molecule has 7 nitrogen and oxygen atoms in total. The number of esters is 1. The van der Waals surface area contributed by atoms with Crippen LogP contribution in [0.15, 0.2) is 47.4 Å². The van der Waals surface area contributed by atoms with Crippen LogP contribution in [0, 0.1) is 11.3 Å². The minimum Gasteiger partial charge on any atom is -0.496 e. The molecule has 0 saturated carbocycles. The van der Waals surface area contributed by atoms with E-state index in [-0.39, 0.29) is 17.0 Å². The zero-order valence-corrected chi connectivity index (χ0v) is 14.5. The van der Waals surface area contributed by atoms with Gasteiger partial charge < -0.3 is 9.47 Å². The largest absolute Gasteiger partial charge is 0.496 e. The van der Waals surface area contributed by atoms with Crippen molar-refractivity contribution in [3.63, 3.8) is 0 Å². The summed E-state index contributed by atoms with van der Waals surface area (Å²) in [5.41, 5.74) is 1.15. The number of benzene rings is 2. The van der Waals surface area contributed by atoms with Crippen molar-refractivity contribution < 1.29 is 22.7 Å². The number of hydrogen-bond donors (Lipinski definition) is 1. The average molecular weight is 360 g/mol. The van der Waals surface area contributed by atoms with Gasteiger partial charge in [-0.2, -0.15) is 5.26 Å². The first-order valence-corrected chi connectivity index (χ1v) is 8.64. The van der Waals surface area contributed by atoms with E-state index in [1.54, 1.807) is 12.1 Å². The van der Waals surface area contributed by atoms with E-state index in [0.29, 0.717) is 16.9 Å². The molecular formula is C17H16N2O5S. The second-order valence-corrected chi connectivity index (χ2v) is 6.75. The summed E-state index contributed by atoms with van der Waals surface area (Å²) in [5.74, 6) is -0.237. The highest BCUT2D eigenvalue weighted by Crippen LogP contribution is 2.21. The van der Waals surface area contributed by atoms with Crippen LogP contribution in [-0.2, 0) is 21.3 Å². The minimum absolute atomic E-state index is 0.0175. The summed E-state index contributed by atoms with van der Waals surface area (Å²) in [7, 11) is -1.07. The molecule has 0 fully saturated rings. The Morgan fingerprint density at radius 1 is 1.16 bits per heavy atom. The van der Waals surface area contributed by atoms with Crippen LogP contribution in [0.3, 0.4) is 0 Å². The first kappa shape index (κ1) is 18.4. The van der Waals surface area contributed by atoms with Gasteiger partial charge >= 0.3 is 5.97 Å². The Morgan fingerprint density at radius 2 is 1.84 bits per heavy atom. The number of carbonyl (C=O) groups is 1. The lowest BCUT2D eigenvalue weighted by Crippen LogP contribution is -2.23. The number of nitrogens with zero attached hydrogens (tertiary/aromatic N) is 1. The first-order chi connectivity index (χ1) is 11.9. The fraction of sp³-hybridized carbons (Fsp3) is 0.176. The van der Waals surface area contributed by atoms with Crippen LogP contribution in [0.1, 0.15) is 21.5 Å². The highest BCUT2D eigenvalue weighted by molar-refractivity contribution is 7.89. The van der Waals surface area contributed by atoms with E-state index in [1.807, 2.05) is 6.07 Å². The zero-order chi connectivity index (χ0) is 18.4. The zero-order valence-electron chi connectivity index (χ0n) is 13.6. The van der Waals surface area contributed by atoms with Crippen LogP contribution in [0.4, 0.5) is 0 Å². The topological polar surface area (TPSA) is 105 Å². The molecular weight excluding hydrogens is 344 g/mol. The summed E-state index contributed by atoms with van der Waals surface area (Å²) in [6.07, 6.45) is 0. The van der Waals surface area contributed by atoms with Gasteiger partial charge in [0.05, 0.1) is 30.7 Å². The summed E-state index contributed by atoms with van der Waals surface area (Å²) < 4.78 is 36.8. The van der Waals surface area contributed by atoms with Crippen molar-refractivity contribution in [2.24, 2.45) is 0 Å². The molecule has 0 aliphatic rings. The molecule has 0 amide bonds. The molecule has 0 radical (unpaired) electrons. The Kier molecular flexibility index (Phi) is 5.75. The molecule has 25 heavy (non-hydrogen) atoms. The number of methoxy groups -OCH3 is 2. The molecule has 0 saturated heterocycles. The monoisotopic (exact) mass is 360 g/mol. The van der Waals surface area contributed by atoms with Crippen LogP contribution < -0.4 is 9.46 Å². The van der Waals surface area contributed by atoms with E-state index in [2.05, 4.69) is 9.46 Å². The fourth-order valence-corrected chi connectivity index (χ4v) is 3.12. The van der Waals surface area contributed by atoms with E-state index in [0.717, 1.165) is 0 Å². The van der Waals surface area contributed by atoms with Gasteiger partial charge in [-0.25, -0.2) is 17.9 Å². The molecule has 2 aromatic rings. The molecule has 0 unspecified atom stereocenters. The molecule has 0 bridgehead atoms. The molecule has 1 N–H and O–H groups in total.